The van der Waals surface area contributed by atoms with E-state index in [-0.39, 0.29) is 18.4 Å². The zero-order valence-corrected chi connectivity index (χ0v) is 11.6. The van der Waals surface area contributed by atoms with Crippen LogP contribution in [-0.4, -0.2) is 36.5 Å². The second-order valence-corrected chi connectivity index (χ2v) is 4.40. The Bertz CT molecular complexity index is 315. The van der Waals surface area contributed by atoms with Crippen molar-refractivity contribution in [1.82, 2.24) is 10.6 Å². The lowest BCUT2D eigenvalue weighted by Gasteiger charge is -2.22. The fourth-order valence-electron chi connectivity index (χ4n) is 1.38. The van der Waals surface area contributed by atoms with E-state index in [2.05, 4.69) is 10.6 Å². The summed E-state index contributed by atoms with van der Waals surface area (Å²) in [5.74, 6) is -1.25. The molecule has 2 N–H and O–H groups in total. The standard InChI is InChI=1S/C12H22N2O4/c1-6-18-12(17)10(7(2)3)14-11(16)8(4)13-9(5)15/h7-8,10H,6H2,1-5H3,(H,13,15)(H,14,16)/t8-,10+/m0/s1. The van der Waals surface area contributed by atoms with Gasteiger partial charge in [-0.1, -0.05) is 13.8 Å². The van der Waals surface area contributed by atoms with E-state index in [0.717, 1.165) is 0 Å². The minimum Gasteiger partial charge on any atom is -0.464 e. The van der Waals surface area contributed by atoms with E-state index >= 15 is 0 Å². The predicted octanol–water partition coefficient (Wildman–Crippen LogP) is 0.215. The summed E-state index contributed by atoms with van der Waals surface area (Å²) in [7, 11) is 0. The molecule has 0 fully saturated rings. The smallest absolute Gasteiger partial charge is 0.328 e. The highest BCUT2D eigenvalue weighted by molar-refractivity contribution is 5.90. The van der Waals surface area contributed by atoms with Crippen LogP contribution in [0, 0.1) is 5.92 Å². The SMILES string of the molecule is CCOC(=O)[C@H](NC(=O)[C@H](C)NC(C)=O)C(C)C. The van der Waals surface area contributed by atoms with Crippen LogP contribution < -0.4 is 10.6 Å². The van der Waals surface area contributed by atoms with Crippen LogP contribution in [0.2, 0.25) is 0 Å². The van der Waals surface area contributed by atoms with Gasteiger partial charge < -0.3 is 15.4 Å². The number of nitrogens with one attached hydrogen (secondary N) is 2. The minimum atomic E-state index is -0.700. The first-order chi connectivity index (χ1) is 8.29. The molecule has 104 valence electrons. The largest absolute Gasteiger partial charge is 0.464 e. The van der Waals surface area contributed by atoms with E-state index in [4.69, 9.17) is 4.74 Å². The lowest BCUT2D eigenvalue weighted by Crippen LogP contribution is -2.52. The normalized spacial score (nSPS) is 13.7. The average Bonchev–Trinajstić information content (AvgIpc) is 2.24. The zero-order chi connectivity index (χ0) is 14.3. The van der Waals surface area contributed by atoms with Gasteiger partial charge in [-0.15, -0.1) is 0 Å². The fraction of sp³-hybridized carbons (Fsp3) is 0.750. The second kappa shape index (κ2) is 7.68. The molecule has 0 aromatic rings. The first-order valence-electron chi connectivity index (χ1n) is 6.03. The van der Waals surface area contributed by atoms with Gasteiger partial charge in [0.2, 0.25) is 11.8 Å². The molecule has 0 aromatic carbocycles. The van der Waals surface area contributed by atoms with Gasteiger partial charge in [0.05, 0.1) is 6.61 Å². The van der Waals surface area contributed by atoms with Crippen LogP contribution in [0.4, 0.5) is 0 Å². The molecule has 0 aliphatic carbocycles. The van der Waals surface area contributed by atoms with E-state index in [9.17, 15) is 14.4 Å². The maximum Gasteiger partial charge on any atom is 0.328 e. The summed E-state index contributed by atoms with van der Waals surface area (Å²) >= 11 is 0. The number of carbonyl (C=O) groups excluding carboxylic acids is 3. The molecule has 0 saturated carbocycles. The van der Waals surface area contributed by atoms with Crippen LogP contribution in [0.1, 0.15) is 34.6 Å². The molecule has 0 bridgehead atoms. The molecule has 0 heterocycles. The summed E-state index contributed by atoms with van der Waals surface area (Å²) in [6.07, 6.45) is 0. The van der Waals surface area contributed by atoms with Crippen molar-refractivity contribution in [2.75, 3.05) is 6.61 Å². The molecule has 2 amide bonds. The van der Waals surface area contributed by atoms with Gasteiger partial charge in [0, 0.05) is 6.92 Å². The lowest BCUT2D eigenvalue weighted by molar-refractivity contribution is -0.148. The van der Waals surface area contributed by atoms with E-state index in [1.165, 1.54) is 6.92 Å². The zero-order valence-electron chi connectivity index (χ0n) is 11.6. The highest BCUT2D eigenvalue weighted by Crippen LogP contribution is 2.04. The molecule has 2 atom stereocenters. The maximum absolute atomic E-state index is 11.8. The molecule has 0 spiro atoms. The molecule has 0 saturated heterocycles. The Hall–Kier alpha value is -1.59. The van der Waals surface area contributed by atoms with Gasteiger partial charge in [-0.2, -0.15) is 0 Å². The Morgan fingerprint density at radius 1 is 1.11 bits per heavy atom. The molecule has 0 aliphatic heterocycles. The molecular formula is C12H22N2O4. The van der Waals surface area contributed by atoms with Crippen molar-refractivity contribution in [1.29, 1.82) is 0 Å². The second-order valence-electron chi connectivity index (χ2n) is 4.40. The van der Waals surface area contributed by atoms with Gasteiger partial charge in [-0.25, -0.2) is 4.79 Å². The Morgan fingerprint density at radius 2 is 1.67 bits per heavy atom. The van der Waals surface area contributed by atoms with Crippen molar-refractivity contribution in [2.45, 2.75) is 46.7 Å². The third-order valence-corrected chi connectivity index (χ3v) is 2.32. The topological polar surface area (TPSA) is 84.5 Å². The number of esters is 1. The summed E-state index contributed by atoms with van der Waals surface area (Å²) in [5.41, 5.74) is 0. The maximum atomic E-state index is 11.8. The van der Waals surface area contributed by atoms with Crippen LogP contribution in [0.3, 0.4) is 0 Å². The van der Waals surface area contributed by atoms with Crippen molar-refractivity contribution >= 4 is 17.8 Å². The van der Waals surface area contributed by atoms with Crippen molar-refractivity contribution in [3.8, 4) is 0 Å². The number of hydrogen-bond donors (Lipinski definition) is 2. The van der Waals surface area contributed by atoms with E-state index in [1.807, 2.05) is 13.8 Å². The van der Waals surface area contributed by atoms with E-state index in [1.54, 1.807) is 13.8 Å². The van der Waals surface area contributed by atoms with Crippen molar-refractivity contribution in [3.05, 3.63) is 0 Å². The molecule has 18 heavy (non-hydrogen) atoms. The third kappa shape index (κ3) is 5.65. The van der Waals surface area contributed by atoms with Gasteiger partial charge in [0.1, 0.15) is 12.1 Å². The minimum absolute atomic E-state index is 0.0856. The molecular weight excluding hydrogens is 236 g/mol. The van der Waals surface area contributed by atoms with Crippen LogP contribution >= 0.6 is 0 Å². The molecule has 6 heteroatoms. The molecule has 0 unspecified atom stereocenters. The van der Waals surface area contributed by atoms with Crippen LogP contribution in [0.25, 0.3) is 0 Å². The summed E-state index contributed by atoms with van der Waals surface area (Å²) in [5, 5.41) is 5.03. The monoisotopic (exact) mass is 258 g/mol. The number of ether oxygens (including phenoxy) is 1. The highest BCUT2D eigenvalue weighted by Gasteiger charge is 2.27. The van der Waals surface area contributed by atoms with E-state index < -0.39 is 24.0 Å². The van der Waals surface area contributed by atoms with Gasteiger partial charge in [0.25, 0.3) is 0 Å². The summed E-state index contributed by atoms with van der Waals surface area (Å²) in [4.78, 5) is 34.2. The lowest BCUT2D eigenvalue weighted by atomic mass is 10.0. The third-order valence-electron chi connectivity index (χ3n) is 2.32. The first-order valence-corrected chi connectivity index (χ1v) is 6.03. The van der Waals surface area contributed by atoms with Gasteiger partial charge in [0.15, 0.2) is 0 Å². The Labute approximate surface area is 107 Å². The molecule has 6 nitrogen and oxygen atoms in total. The van der Waals surface area contributed by atoms with Gasteiger partial charge >= 0.3 is 5.97 Å². The Kier molecular flexibility index (Phi) is 7.00. The number of rotatable bonds is 6. The first kappa shape index (κ1) is 16.4. The molecule has 0 radical (unpaired) electrons. The summed E-state index contributed by atoms with van der Waals surface area (Å²) in [6.45, 7) is 8.47. The van der Waals surface area contributed by atoms with Crippen LogP contribution in [0.15, 0.2) is 0 Å². The van der Waals surface area contributed by atoms with Gasteiger partial charge in [-0.05, 0) is 19.8 Å². The predicted molar refractivity (Wildman–Crippen MR) is 66.7 cm³/mol. The summed E-state index contributed by atoms with van der Waals surface area (Å²) in [6, 6.07) is -1.38. The number of hydrogen-bond acceptors (Lipinski definition) is 4. The van der Waals surface area contributed by atoms with Gasteiger partial charge in [-0.3, -0.25) is 9.59 Å². The average molecular weight is 258 g/mol. The summed E-state index contributed by atoms with van der Waals surface area (Å²) < 4.78 is 4.89. The molecule has 0 aliphatic rings. The van der Waals surface area contributed by atoms with E-state index in [0.29, 0.717) is 0 Å². The van der Waals surface area contributed by atoms with Crippen LogP contribution in [-0.2, 0) is 19.1 Å². The number of carbonyl (C=O) groups is 3. The highest BCUT2D eigenvalue weighted by atomic mass is 16.5. The fourth-order valence-corrected chi connectivity index (χ4v) is 1.38. The van der Waals surface area contributed by atoms with Crippen molar-refractivity contribution in [3.63, 3.8) is 0 Å². The van der Waals surface area contributed by atoms with Crippen molar-refractivity contribution in [2.24, 2.45) is 5.92 Å². The Balaban J connectivity index is 4.54. The van der Waals surface area contributed by atoms with Crippen molar-refractivity contribution < 1.29 is 19.1 Å². The Morgan fingerprint density at radius 3 is 2.06 bits per heavy atom. The molecule has 0 aromatic heterocycles. The number of amides is 2. The molecule has 0 rings (SSSR count). The van der Waals surface area contributed by atoms with Crippen LogP contribution in [0.5, 0.6) is 0 Å². The quantitative estimate of drug-likeness (QED) is 0.667.